The maximum atomic E-state index is 9.72. The molecule has 2 fully saturated rings. The molecule has 0 spiro atoms. The van der Waals surface area contributed by atoms with Gasteiger partial charge in [-0.25, -0.2) is 0 Å². The molecule has 2 bridgehead atoms. The van der Waals surface area contributed by atoms with Gasteiger partial charge in [-0.1, -0.05) is 0 Å². The number of piperidine rings is 1. The Bertz CT molecular complexity index is 193. The number of hydrogen-bond acceptors (Lipinski definition) is 3. The summed E-state index contributed by atoms with van der Waals surface area (Å²) in [5, 5.41) is 9.72. The number of methoxy groups -OCH3 is 1. The Morgan fingerprint density at radius 2 is 2.38 bits per heavy atom. The van der Waals surface area contributed by atoms with Crippen LogP contribution < -0.4 is 0 Å². The maximum Gasteiger partial charge on any atom is 0.0647 e. The Labute approximate surface area is 79.7 Å². The van der Waals surface area contributed by atoms with E-state index < -0.39 is 0 Å². The van der Waals surface area contributed by atoms with Gasteiger partial charge in [0, 0.05) is 18.7 Å². The highest BCUT2D eigenvalue weighted by Gasteiger charge is 2.49. The van der Waals surface area contributed by atoms with Gasteiger partial charge in [-0.2, -0.15) is 0 Å². The Morgan fingerprint density at radius 3 is 3.08 bits per heavy atom. The largest absolute Gasteiger partial charge is 0.393 e. The lowest BCUT2D eigenvalue weighted by molar-refractivity contribution is -0.0408. The number of rotatable bonds is 2. The first-order valence-electron chi connectivity index (χ1n) is 5.08. The molecule has 3 atom stereocenters. The van der Waals surface area contributed by atoms with Gasteiger partial charge in [0.15, 0.2) is 0 Å². The van der Waals surface area contributed by atoms with E-state index in [1.54, 1.807) is 7.11 Å². The van der Waals surface area contributed by atoms with Gasteiger partial charge in [0.1, 0.15) is 0 Å². The summed E-state index contributed by atoms with van der Waals surface area (Å²) in [6.07, 6.45) is 4.12. The third-order valence-corrected chi connectivity index (χ3v) is 3.81. The molecule has 13 heavy (non-hydrogen) atoms. The van der Waals surface area contributed by atoms with Crippen molar-refractivity contribution in [1.29, 1.82) is 0 Å². The monoisotopic (exact) mass is 185 g/mol. The van der Waals surface area contributed by atoms with Crippen LogP contribution >= 0.6 is 0 Å². The molecule has 0 unspecified atom stereocenters. The summed E-state index contributed by atoms with van der Waals surface area (Å²) in [5.41, 5.74) is 0.136. The normalized spacial score (nSPS) is 45.5. The predicted molar refractivity (Wildman–Crippen MR) is 50.6 cm³/mol. The number of likely N-dealkylation sites (N-methyl/N-ethyl adjacent to an activating group) is 1. The van der Waals surface area contributed by atoms with Gasteiger partial charge in [-0.15, -0.1) is 0 Å². The van der Waals surface area contributed by atoms with Gasteiger partial charge >= 0.3 is 0 Å². The smallest absolute Gasteiger partial charge is 0.0647 e. The highest BCUT2D eigenvalue weighted by atomic mass is 16.5. The molecule has 2 heterocycles. The minimum absolute atomic E-state index is 0.112. The van der Waals surface area contributed by atoms with E-state index in [4.69, 9.17) is 4.74 Å². The summed E-state index contributed by atoms with van der Waals surface area (Å²) < 4.78 is 5.27. The fraction of sp³-hybridized carbons (Fsp3) is 1.00. The SMILES string of the molecule is COC[C@@]12CC[C@@H](C[C@H](O)C1)N2C. The Hall–Kier alpha value is -0.120. The second kappa shape index (κ2) is 3.23. The van der Waals surface area contributed by atoms with Crippen LogP contribution in [-0.2, 0) is 4.74 Å². The quantitative estimate of drug-likeness (QED) is 0.684. The molecule has 0 amide bonds. The van der Waals surface area contributed by atoms with Crippen LogP contribution in [-0.4, -0.2) is 48.5 Å². The zero-order chi connectivity index (χ0) is 9.47. The number of aliphatic hydroxyl groups excluding tert-OH is 1. The summed E-state index contributed by atoms with van der Waals surface area (Å²) in [7, 11) is 3.92. The lowest BCUT2D eigenvalue weighted by Crippen LogP contribution is -2.54. The van der Waals surface area contributed by atoms with E-state index in [9.17, 15) is 5.11 Å². The molecule has 3 nitrogen and oxygen atoms in total. The molecule has 2 aliphatic heterocycles. The fourth-order valence-electron chi connectivity index (χ4n) is 3.05. The minimum atomic E-state index is -0.112. The fourth-order valence-corrected chi connectivity index (χ4v) is 3.05. The van der Waals surface area contributed by atoms with Crippen LogP contribution in [0.25, 0.3) is 0 Å². The van der Waals surface area contributed by atoms with Crippen molar-refractivity contribution in [2.45, 2.75) is 43.4 Å². The van der Waals surface area contributed by atoms with E-state index in [1.807, 2.05) is 0 Å². The van der Waals surface area contributed by atoms with E-state index in [2.05, 4.69) is 11.9 Å². The van der Waals surface area contributed by atoms with Crippen LogP contribution in [0, 0.1) is 0 Å². The molecule has 0 aromatic heterocycles. The molecular formula is C10H19NO2. The molecule has 0 aromatic rings. The predicted octanol–water partition coefficient (Wildman–Crippen LogP) is 0.621. The first-order valence-corrected chi connectivity index (χ1v) is 5.08. The third kappa shape index (κ3) is 1.39. The molecule has 2 aliphatic rings. The molecule has 1 N–H and O–H groups in total. The second-order valence-electron chi connectivity index (χ2n) is 4.55. The third-order valence-electron chi connectivity index (χ3n) is 3.81. The topological polar surface area (TPSA) is 32.7 Å². The van der Waals surface area contributed by atoms with Gasteiger partial charge in [-0.3, -0.25) is 4.90 Å². The van der Waals surface area contributed by atoms with E-state index in [0.29, 0.717) is 6.04 Å². The molecule has 0 aromatic carbocycles. The summed E-state index contributed by atoms with van der Waals surface area (Å²) in [5.74, 6) is 0. The van der Waals surface area contributed by atoms with Crippen molar-refractivity contribution in [3.8, 4) is 0 Å². The van der Waals surface area contributed by atoms with Crippen LogP contribution in [0.3, 0.4) is 0 Å². The summed E-state index contributed by atoms with van der Waals surface area (Å²) in [6, 6.07) is 0.582. The average Bonchev–Trinajstić information content (AvgIpc) is 2.32. The van der Waals surface area contributed by atoms with Gasteiger partial charge < -0.3 is 9.84 Å². The van der Waals surface area contributed by atoms with Crippen molar-refractivity contribution in [3.63, 3.8) is 0 Å². The average molecular weight is 185 g/mol. The van der Waals surface area contributed by atoms with Crippen molar-refractivity contribution in [1.82, 2.24) is 4.90 Å². The first-order chi connectivity index (χ1) is 6.18. The molecule has 2 rings (SSSR count). The van der Waals surface area contributed by atoms with Crippen LogP contribution in [0.2, 0.25) is 0 Å². The highest BCUT2D eigenvalue weighted by molar-refractivity contribution is 5.05. The van der Waals surface area contributed by atoms with Crippen molar-refractivity contribution in [2.24, 2.45) is 0 Å². The summed E-state index contributed by atoms with van der Waals surface area (Å²) in [4.78, 5) is 2.42. The van der Waals surface area contributed by atoms with Gasteiger partial charge in [0.25, 0.3) is 0 Å². The van der Waals surface area contributed by atoms with Crippen molar-refractivity contribution in [2.75, 3.05) is 20.8 Å². The molecule has 2 saturated heterocycles. The number of aliphatic hydroxyl groups is 1. The van der Waals surface area contributed by atoms with E-state index >= 15 is 0 Å². The number of ether oxygens (including phenoxy) is 1. The standard InChI is InChI=1S/C10H19NO2/c1-11-8-3-4-10(11,7-13-2)6-9(12)5-8/h8-9,12H,3-7H2,1-2H3/t8-,9-,10+/m0/s1. The van der Waals surface area contributed by atoms with Crippen LogP contribution in [0.4, 0.5) is 0 Å². The van der Waals surface area contributed by atoms with E-state index in [1.165, 1.54) is 12.8 Å². The van der Waals surface area contributed by atoms with Crippen molar-refractivity contribution < 1.29 is 9.84 Å². The zero-order valence-corrected chi connectivity index (χ0v) is 8.49. The zero-order valence-electron chi connectivity index (χ0n) is 8.49. The summed E-state index contributed by atoms with van der Waals surface area (Å²) in [6.45, 7) is 0.761. The number of fused-ring (bicyclic) bond motifs is 2. The first kappa shape index (κ1) is 9.44. The van der Waals surface area contributed by atoms with E-state index in [-0.39, 0.29) is 11.6 Å². The maximum absolute atomic E-state index is 9.72. The summed E-state index contributed by atoms with van der Waals surface area (Å²) >= 11 is 0. The lowest BCUT2D eigenvalue weighted by atomic mass is 9.88. The van der Waals surface area contributed by atoms with Crippen molar-refractivity contribution >= 4 is 0 Å². The van der Waals surface area contributed by atoms with Crippen LogP contribution in [0.15, 0.2) is 0 Å². The van der Waals surface area contributed by atoms with Gasteiger partial charge in [0.05, 0.1) is 12.7 Å². The molecule has 3 heteroatoms. The molecule has 0 saturated carbocycles. The Morgan fingerprint density at radius 1 is 1.62 bits per heavy atom. The lowest BCUT2D eigenvalue weighted by Gasteiger charge is -2.44. The molecule has 76 valence electrons. The van der Waals surface area contributed by atoms with Gasteiger partial charge in [0.2, 0.25) is 0 Å². The minimum Gasteiger partial charge on any atom is -0.393 e. The molecule has 0 aliphatic carbocycles. The Kier molecular flexibility index (Phi) is 2.34. The number of nitrogens with zero attached hydrogens (tertiary/aromatic N) is 1. The second-order valence-corrected chi connectivity index (χ2v) is 4.55. The molecular weight excluding hydrogens is 166 g/mol. The van der Waals surface area contributed by atoms with E-state index in [0.717, 1.165) is 19.4 Å². The van der Waals surface area contributed by atoms with Gasteiger partial charge in [-0.05, 0) is 32.7 Å². The number of hydrogen-bond donors (Lipinski definition) is 1. The van der Waals surface area contributed by atoms with Crippen LogP contribution in [0.1, 0.15) is 25.7 Å². The highest BCUT2D eigenvalue weighted by Crippen LogP contribution is 2.42. The molecule has 0 radical (unpaired) electrons. The Balaban J connectivity index is 2.15. The van der Waals surface area contributed by atoms with Crippen molar-refractivity contribution in [3.05, 3.63) is 0 Å². The van der Waals surface area contributed by atoms with Crippen LogP contribution in [0.5, 0.6) is 0 Å².